The highest BCUT2D eigenvalue weighted by Gasteiger charge is 2.13. The van der Waals surface area contributed by atoms with Crippen molar-refractivity contribution in [3.05, 3.63) is 35.6 Å². The summed E-state index contributed by atoms with van der Waals surface area (Å²) in [6, 6.07) is 8.27. The molecular formula is C14H19NO. The monoisotopic (exact) mass is 217 g/mol. The lowest BCUT2D eigenvalue weighted by Crippen LogP contribution is -2.11. The van der Waals surface area contributed by atoms with E-state index in [0.29, 0.717) is 5.92 Å². The van der Waals surface area contributed by atoms with Crippen molar-refractivity contribution in [3.63, 3.8) is 0 Å². The number of nitrogens with two attached hydrogens (primary N) is 1. The number of benzene rings is 1. The molecule has 0 aliphatic heterocycles. The zero-order valence-corrected chi connectivity index (χ0v) is 10.2. The second-order valence-corrected chi connectivity index (χ2v) is 4.93. The molecule has 0 saturated carbocycles. The predicted molar refractivity (Wildman–Crippen MR) is 67.3 cm³/mol. The summed E-state index contributed by atoms with van der Waals surface area (Å²) >= 11 is 0. The molecule has 1 aromatic carbocycles. The van der Waals surface area contributed by atoms with E-state index in [2.05, 4.69) is 39.0 Å². The molecule has 1 aromatic heterocycles. The van der Waals surface area contributed by atoms with Crippen LogP contribution in [0.5, 0.6) is 0 Å². The summed E-state index contributed by atoms with van der Waals surface area (Å²) in [5, 5.41) is 1.15. The summed E-state index contributed by atoms with van der Waals surface area (Å²) in [4.78, 5) is 0. The molecule has 2 N–H and O–H groups in total. The van der Waals surface area contributed by atoms with Crippen LogP contribution in [0.15, 0.2) is 28.7 Å². The molecular weight excluding hydrogens is 198 g/mol. The Morgan fingerprint density at radius 1 is 1.25 bits per heavy atom. The second kappa shape index (κ2) is 4.30. The number of furan rings is 1. The van der Waals surface area contributed by atoms with Gasteiger partial charge in [-0.05, 0) is 37.5 Å². The Bertz CT molecular complexity index is 484. The van der Waals surface area contributed by atoms with Crippen LogP contribution in [0, 0.1) is 12.8 Å². The highest BCUT2D eigenvalue weighted by Crippen LogP contribution is 2.26. The SMILES string of the molecule is Cc1ccc2oc([C@@H](N)CC(C)C)cc2c1. The summed E-state index contributed by atoms with van der Waals surface area (Å²) in [6.45, 7) is 6.43. The largest absolute Gasteiger partial charge is 0.459 e. The molecule has 2 heteroatoms. The molecule has 1 heterocycles. The van der Waals surface area contributed by atoms with Gasteiger partial charge in [0.2, 0.25) is 0 Å². The summed E-state index contributed by atoms with van der Waals surface area (Å²) in [6.07, 6.45) is 0.957. The van der Waals surface area contributed by atoms with Gasteiger partial charge in [0.25, 0.3) is 0 Å². The Kier molecular flexibility index (Phi) is 3.01. The molecule has 0 unspecified atom stereocenters. The van der Waals surface area contributed by atoms with Crippen LogP contribution in [-0.4, -0.2) is 0 Å². The molecule has 0 aliphatic rings. The Labute approximate surface area is 96.4 Å². The van der Waals surface area contributed by atoms with E-state index in [0.717, 1.165) is 23.2 Å². The molecule has 0 aliphatic carbocycles. The Morgan fingerprint density at radius 2 is 2.00 bits per heavy atom. The van der Waals surface area contributed by atoms with Gasteiger partial charge in [0, 0.05) is 5.39 Å². The van der Waals surface area contributed by atoms with E-state index in [1.807, 2.05) is 6.07 Å². The minimum Gasteiger partial charge on any atom is -0.459 e. The zero-order chi connectivity index (χ0) is 11.7. The van der Waals surface area contributed by atoms with Gasteiger partial charge in [-0.1, -0.05) is 25.5 Å². The average Bonchev–Trinajstić information content (AvgIpc) is 2.59. The molecule has 2 nitrogen and oxygen atoms in total. The molecule has 2 aromatic rings. The van der Waals surface area contributed by atoms with Crippen LogP contribution in [0.4, 0.5) is 0 Å². The topological polar surface area (TPSA) is 39.2 Å². The molecule has 0 saturated heterocycles. The van der Waals surface area contributed by atoms with E-state index in [4.69, 9.17) is 10.2 Å². The second-order valence-electron chi connectivity index (χ2n) is 4.93. The number of aryl methyl sites for hydroxylation is 1. The minimum atomic E-state index is 0.00714. The third kappa shape index (κ3) is 2.27. The maximum atomic E-state index is 6.10. The third-order valence-electron chi connectivity index (χ3n) is 2.78. The van der Waals surface area contributed by atoms with Crippen LogP contribution in [0.25, 0.3) is 11.0 Å². The van der Waals surface area contributed by atoms with Crippen LogP contribution in [-0.2, 0) is 0 Å². The summed E-state index contributed by atoms with van der Waals surface area (Å²) in [5.41, 5.74) is 8.28. The molecule has 0 amide bonds. The number of hydrogen-bond acceptors (Lipinski definition) is 2. The van der Waals surface area contributed by atoms with Crippen molar-refractivity contribution >= 4 is 11.0 Å². The van der Waals surface area contributed by atoms with E-state index in [9.17, 15) is 0 Å². The van der Waals surface area contributed by atoms with Crippen LogP contribution in [0.2, 0.25) is 0 Å². The van der Waals surface area contributed by atoms with Gasteiger partial charge in [0.1, 0.15) is 11.3 Å². The van der Waals surface area contributed by atoms with Crippen molar-refractivity contribution in [2.45, 2.75) is 33.2 Å². The average molecular weight is 217 g/mol. The molecule has 0 bridgehead atoms. The number of fused-ring (bicyclic) bond motifs is 1. The van der Waals surface area contributed by atoms with Gasteiger partial charge < -0.3 is 10.2 Å². The highest BCUT2D eigenvalue weighted by atomic mass is 16.3. The van der Waals surface area contributed by atoms with Crippen LogP contribution >= 0.6 is 0 Å². The van der Waals surface area contributed by atoms with Crippen molar-refractivity contribution < 1.29 is 4.42 Å². The first kappa shape index (κ1) is 11.2. The maximum Gasteiger partial charge on any atom is 0.134 e. The standard InChI is InChI=1S/C14H19NO/c1-9(2)6-12(15)14-8-11-7-10(3)4-5-13(11)16-14/h4-5,7-9,12H,6,15H2,1-3H3/t12-/m0/s1. The van der Waals surface area contributed by atoms with Crippen LogP contribution in [0.1, 0.15) is 37.6 Å². The maximum absolute atomic E-state index is 6.10. The van der Waals surface area contributed by atoms with E-state index in [1.165, 1.54) is 5.56 Å². The fourth-order valence-corrected chi connectivity index (χ4v) is 1.99. The molecule has 0 radical (unpaired) electrons. The first-order valence-electron chi connectivity index (χ1n) is 5.82. The van der Waals surface area contributed by atoms with Gasteiger partial charge in [-0.25, -0.2) is 0 Å². The third-order valence-corrected chi connectivity index (χ3v) is 2.78. The first-order chi connectivity index (χ1) is 7.56. The number of rotatable bonds is 3. The Morgan fingerprint density at radius 3 is 2.69 bits per heavy atom. The summed E-state index contributed by atoms with van der Waals surface area (Å²) in [7, 11) is 0. The van der Waals surface area contributed by atoms with Crippen LogP contribution < -0.4 is 5.73 Å². The predicted octanol–water partition coefficient (Wildman–Crippen LogP) is 3.79. The lowest BCUT2D eigenvalue weighted by atomic mass is 10.0. The van der Waals surface area contributed by atoms with Crippen molar-refractivity contribution in [2.24, 2.45) is 11.7 Å². The molecule has 16 heavy (non-hydrogen) atoms. The van der Waals surface area contributed by atoms with Crippen molar-refractivity contribution in [1.82, 2.24) is 0 Å². The van der Waals surface area contributed by atoms with E-state index >= 15 is 0 Å². The van der Waals surface area contributed by atoms with Gasteiger partial charge >= 0.3 is 0 Å². The van der Waals surface area contributed by atoms with Crippen molar-refractivity contribution in [2.75, 3.05) is 0 Å². The van der Waals surface area contributed by atoms with Gasteiger partial charge in [-0.15, -0.1) is 0 Å². The Hall–Kier alpha value is -1.28. The lowest BCUT2D eigenvalue weighted by Gasteiger charge is -2.10. The highest BCUT2D eigenvalue weighted by molar-refractivity contribution is 5.78. The van der Waals surface area contributed by atoms with E-state index in [1.54, 1.807) is 0 Å². The molecule has 0 fully saturated rings. The molecule has 1 atom stereocenters. The van der Waals surface area contributed by atoms with Gasteiger partial charge in [0.05, 0.1) is 6.04 Å². The van der Waals surface area contributed by atoms with Gasteiger partial charge in [0.15, 0.2) is 0 Å². The Balaban J connectivity index is 2.32. The minimum absolute atomic E-state index is 0.00714. The van der Waals surface area contributed by atoms with Crippen molar-refractivity contribution in [1.29, 1.82) is 0 Å². The summed E-state index contributed by atoms with van der Waals surface area (Å²) < 4.78 is 5.76. The fourth-order valence-electron chi connectivity index (χ4n) is 1.99. The normalized spacial score (nSPS) is 13.6. The molecule has 86 valence electrons. The zero-order valence-electron chi connectivity index (χ0n) is 10.2. The number of hydrogen-bond donors (Lipinski definition) is 1. The van der Waals surface area contributed by atoms with Gasteiger partial charge in [-0.3, -0.25) is 0 Å². The molecule has 2 rings (SSSR count). The van der Waals surface area contributed by atoms with E-state index < -0.39 is 0 Å². The molecule has 0 spiro atoms. The van der Waals surface area contributed by atoms with Crippen molar-refractivity contribution in [3.8, 4) is 0 Å². The fraction of sp³-hybridized carbons (Fsp3) is 0.429. The first-order valence-corrected chi connectivity index (χ1v) is 5.82. The van der Waals surface area contributed by atoms with E-state index in [-0.39, 0.29) is 6.04 Å². The smallest absolute Gasteiger partial charge is 0.134 e. The van der Waals surface area contributed by atoms with Gasteiger partial charge in [-0.2, -0.15) is 0 Å². The van der Waals surface area contributed by atoms with Crippen LogP contribution in [0.3, 0.4) is 0 Å². The quantitative estimate of drug-likeness (QED) is 0.849. The summed E-state index contributed by atoms with van der Waals surface area (Å²) in [5.74, 6) is 1.49. The lowest BCUT2D eigenvalue weighted by molar-refractivity contribution is 0.431.